The Morgan fingerprint density at radius 2 is 1.30 bits per heavy atom. The molecule has 154 valence electrons. The summed E-state index contributed by atoms with van der Waals surface area (Å²) in [6, 6.07) is 9.41. The number of nitrogens with one attached hydrogen (secondary N) is 2. The summed E-state index contributed by atoms with van der Waals surface area (Å²) in [5.74, 6) is 0.891. The van der Waals surface area contributed by atoms with Crippen LogP contribution in [0.1, 0.15) is 94.8 Å². The molecule has 0 aliphatic heterocycles. The van der Waals surface area contributed by atoms with Crippen molar-refractivity contribution in [1.82, 2.24) is 10.6 Å². The van der Waals surface area contributed by atoms with Gasteiger partial charge in [0.2, 0.25) is 0 Å². The van der Waals surface area contributed by atoms with Gasteiger partial charge in [0.05, 0.1) is 0 Å². The number of rotatable bonds is 17. The van der Waals surface area contributed by atoms with Gasteiger partial charge in [0.1, 0.15) is 0 Å². The van der Waals surface area contributed by atoms with E-state index < -0.39 is 0 Å². The van der Waals surface area contributed by atoms with Crippen LogP contribution >= 0.6 is 0 Å². The van der Waals surface area contributed by atoms with E-state index >= 15 is 0 Å². The topological polar surface area (TPSA) is 41.1 Å². The van der Waals surface area contributed by atoms with Crippen LogP contribution < -0.4 is 10.6 Å². The maximum Gasteiger partial charge on any atom is 0.251 e. The lowest BCUT2D eigenvalue weighted by Gasteiger charge is -2.07. The van der Waals surface area contributed by atoms with Gasteiger partial charge in [0, 0.05) is 12.1 Å². The maximum atomic E-state index is 11.9. The number of hydrogen-bond donors (Lipinski definition) is 2. The molecule has 0 radical (unpaired) electrons. The van der Waals surface area contributed by atoms with Crippen molar-refractivity contribution in [3.05, 3.63) is 35.9 Å². The Hall–Kier alpha value is -1.35. The van der Waals surface area contributed by atoms with Crippen molar-refractivity contribution in [2.45, 2.75) is 84.5 Å². The number of benzene rings is 1. The predicted octanol–water partition coefficient (Wildman–Crippen LogP) is 5.95. The lowest BCUT2D eigenvalue weighted by molar-refractivity contribution is 0.0953. The first kappa shape index (κ1) is 23.7. The van der Waals surface area contributed by atoms with E-state index in [9.17, 15) is 4.79 Å². The van der Waals surface area contributed by atoms with Crippen molar-refractivity contribution in [2.75, 3.05) is 19.6 Å². The summed E-state index contributed by atoms with van der Waals surface area (Å²) in [5.41, 5.74) is 0.737. The molecule has 0 heterocycles. The van der Waals surface area contributed by atoms with Crippen molar-refractivity contribution in [2.24, 2.45) is 5.92 Å². The second-order valence-electron chi connectivity index (χ2n) is 8.09. The van der Waals surface area contributed by atoms with E-state index in [1.54, 1.807) is 0 Å². The lowest BCUT2D eigenvalue weighted by Crippen LogP contribution is -2.27. The minimum Gasteiger partial charge on any atom is -0.352 e. The maximum absolute atomic E-state index is 11.9. The summed E-state index contributed by atoms with van der Waals surface area (Å²) < 4.78 is 0. The predicted molar refractivity (Wildman–Crippen MR) is 117 cm³/mol. The van der Waals surface area contributed by atoms with Crippen molar-refractivity contribution in [3.63, 3.8) is 0 Å². The molecule has 1 rings (SSSR count). The van der Waals surface area contributed by atoms with Gasteiger partial charge in [-0.25, -0.2) is 0 Å². The Morgan fingerprint density at radius 1 is 0.741 bits per heavy atom. The van der Waals surface area contributed by atoms with Gasteiger partial charge in [-0.3, -0.25) is 4.79 Å². The SMILES string of the molecule is CC(C)CCCCCCCCCCCNCCCNC(=O)c1ccccc1. The van der Waals surface area contributed by atoms with Gasteiger partial charge in [0.15, 0.2) is 0 Å². The quantitative estimate of drug-likeness (QED) is 0.331. The Labute approximate surface area is 167 Å². The summed E-state index contributed by atoms with van der Waals surface area (Å²) in [7, 11) is 0. The Balaban J connectivity index is 1.76. The van der Waals surface area contributed by atoms with Gasteiger partial charge in [-0.15, -0.1) is 0 Å². The smallest absolute Gasteiger partial charge is 0.251 e. The van der Waals surface area contributed by atoms with Crippen LogP contribution in [-0.4, -0.2) is 25.5 Å². The molecule has 1 aromatic rings. The van der Waals surface area contributed by atoms with Gasteiger partial charge in [0.25, 0.3) is 5.91 Å². The van der Waals surface area contributed by atoms with Gasteiger partial charge in [-0.05, 0) is 44.0 Å². The number of unbranched alkanes of at least 4 members (excludes halogenated alkanes) is 8. The third kappa shape index (κ3) is 14.4. The van der Waals surface area contributed by atoms with E-state index in [0.29, 0.717) is 0 Å². The van der Waals surface area contributed by atoms with Crippen molar-refractivity contribution in [3.8, 4) is 0 Å². The molecule has 0 bridgehead atoms. The average Bonchev–Trinajstić information content (AvgIpc) is 2.68. The summed E-state index contributed by atoms with van der Waals surface area (Å²) >= 11 is 0. The monoisotopic (exact) mass is 374 g/mol. The van der Waals surface area contributed by atoms with Gasteiger partial charge < -0.3 is 10.6 Å². The zero-order valence-electron chi connectivity index (χ0n) is 17.8. The molecule has 27 heavy (non-hydrogen) atoms. The van der Waals surface area contributed by atoms with Crippen molar-refractivity contribution < 1.29 is 4.79 Å². The third-order valence-corrected chi connectivity index (χ3v) is 4.99. The highest BCUT2D eigenvalue weighted by Crippen LogP contribution is 2.12. The van der Waals surface area contributed by atoms with Gasteiger partial charge in [-0.1, -0.05) is 89.8 Å². The van der Waals surface area contributed by atoms with Gasteiger partial charge >= 0.3 is 0 Å². The summed E-state index contributed by atoms with van der Waals surface area (Å²) in [6.07, 6.45) is 14.9. The first-order valence-corrected chi connectivity index (χ1v) is 11.2. The molecule has 0 saturated carbocycles. The zero-order valence-corrected chi connectivity index (χ0v) is 17.8. The van der Waals surface area contributed by atoms with Crippen LogP contribution in [0.2, 0.25) is 0 Å². The normalized spacial score (nSPS) is 11.1. The van der Waals surface area contributed by atoms with Crippen LogP contribution in [0.3, 0.4) is 0 Å². The molecule has 0 unspecified atom stereocenters. The molecule has 2 N–H and O–H groups in total. The van der Waals surface area contributed by atoms with E-state index in [1.807, 2.05) is 30.3 Å². The summed E-state index contributed by atoms with van der Waals surface area (Å²) in [4.78, 5) is 11.9. The second-order valence-corrected chi connectivity index (χ2v) is 8.09. The third-order valence-electron chi connectivity index (χ3n) is 4.99. The first-order valence-electron chi connectivity index (χ1n) is 11.2. The Morgan fingerprint density at radius 3 is 1.93 bits per heavy atom. The molecule has 0 atom stereocenters. The van der Waals surface area contributed by atoms with E-state index in [1.165, 1.54) is 64.2 Å². The highest BCUT2D eigenvalue weighted by Gasteiger charge is 2.02. The molecule has 0 spiro atoms. The van der Waals surface area contributed by atoms with E-state index in [4.69, 9.17) is 0 Å². The number of carbonyl (C=O) groups is 1. The molecule has 0 saturated heterocycles. The zero-order chi connectivity index (χ0) is 19.6. The minimum atomic E-state index is 0.0236. The van der Waals surface area contributed by atoms with E-state index in [0.717, 1.165) is 37.5 Å². The second kappa shape index (κ2) is 16.8. The fraction of sp³-hybridized carbons (Fsp3) is 0.708. The van der Waals surface area contributed by atoms with Gasteiger partial charge in [-0.2, -0.15) is 0 Å². The van der Waals surface area contributed by atoms with Crippen LogP contribution in [0.25, 0.3) is 0 Å². The standard InChI is InChI=1S/C24H42N2O/c1-22(2)16-11-8-6-4-3-5-7-9-14-19-25-20-15-21-26-24(27)23-17-12-10-13-18-23/h10,12-13,17-18,22,25H,3-9,11,14-16,19-21H2,1-2H3,(H,26,27). The minimum absolute atomic E-state index is 0.0236. The molecule has 3 nitrogen and oxygen atoms in total. The van der Waals surface area contributed by atoms with E-state index in [2.05, 4.69) is 24.5 Å². The molecular weight excluding hydrogens is 332 g/mol. The molecule has 0 aromatic heterocycles. The van der Waals surface area contributed by atoms with Crippen LogP contribution in [0.4, 0.5) is 0 Å². The first-order chi connectivity index (χ1) is 13.2. The van der Waals surface area contributed by atoms with Crippen LogP contribution in [0.5, 0.6) is 0 Å². The Kier molecular flexibility index (Phi) is 14.7. The largest absolute Gasteiger partial charge is 0.352 e. The molecule has 0 aliphatic carbocycles. The van der Waals surface area contributed by atoms with Crippen LogP contribution in [0.15, 0.2) is 30.3 Å². The molecule has 1 aromatic carbocycles. The molecular formula is C24H42N2O. The molecule has 1 amide bonds. The summed E-state index contributed by atoms with van der Waals surface area (Å²) in [6.45, 7) is 7.45. The fourth-order valence-corrected chi connectivity index (χ4v) is 3.27. The molecule has 0 fully saturated rings. The lowest BCUT2D eigenvalue weighted by atomic mass is 10.0. The average molecular weight is 375 g/mol. The Bertz CT molecular complexity index is 459. The highest BCUT2D eigenvalue weighted by molar-refractivity contribution is 5.94. The highest BCUT2D eigenvalue weighted by atomic mass is 16.1. The number of hydrogen-bond acceptors (Lipinski definition) is 2. The number of amides is 1. The van der Waals surface area contributed by atoms with Crippen LogP contribution in [0, 0.1) is 5.92 Å². The van der Waals surface area contributed by atoms with Crippen molar-refractivity contribution >= 4 is 5.91 Å². The number of carbonyl (C=O) groups excluding carboxylic acids is 1. The van der Waals surface area contributed by atoms with Crippen molar-refractivity contribution in [1.29, 1.82) is 0 Å². The van der Waals surface area contributed by atoms with E-state index in [-0.39, 0.29) is 5.91 Å². The molecule has 3 heteroatoms. The fourth-order valence-electron chi connectivity index (χ4n) is 3.27. The molecule has 0 aliphatic rings. The summed E-state index contributed by atoms with van der Waals surface area (Å²) in [5, 5.41) is 6.45. The van der Waals surface area contributed by atoms with Crippen LogP contribution in [-0.2, 0) is 0 Å².